The molecule has 1 unspecified atom stereocenters. The van der Waals surface area contributed by atoms with E-state index < -0.39 is 23.9 Å². The number of fused-ring (bicyclic) bond motifs is 1. The third-order valence-corrected chi connectivity index (χ3v) is 6.67. The van der Waals surface area contributed by atoms with Crippen LogP contribution in [0.5, 0.6) is 0 Å². The number of allylic oxidation sites excluding steroid dienone is 1. The number of hydrogen-bond donors (Lipinski definition) is 3. The summed E-state index contributed by atoms with van der Waals surface area (Å²) in [6.45, 7) is 7.78. The van der Waals surface area contributed by atoms with Crippen LogP contribution in [0.4, 0.5) is 0 Å². The van der Waals surface area contributed by atoms with Gasteiger partial charge in [0.2, 0.25) is 17.7 Å². The Hall–Kier alpha value is -1.89. The van der Waals surface area contributed by atoms with E-state index in [0.717, 1.165) is 25.7 Å². The largest absolute Gasteiger partial charge is 0.394 e. The minimum atomic E-state index is -0.704. The van der Waals surface area contributed by atoms with E-state index in [4.69, 9.17) is 0 Å². The predicted octanol–water partition coefficient (Wildman–Crippen LogP) is 1.85. The molecule has 0 aromatic heterocycles. The molecular weight excluding hydrogens is 382 g/mol. The lowest BCUT2D eigenvalue weighted by Crippen LogP contribution is -2.53. The van der Waals surface area contributed by atoms with Crippen LogP contribution in [0.1, 0.15) is 59.8 Å². The van der Waals surface area contributed by atoms with Crippen molar-refractivity contribution >= 4 is 17.7 Å². The van der Waals surface area contributed by atoms with Crippen LogP contribution in [0, 0.1) is 23.7 Å². The van der Waals surface area contributed by atoms with E-state index >= 15 is 0 Å². The van der Waals surface area contributed by atoms with Crippen molar-refractivity contribution in [1.29, 1.82) is 0 Å². The monoisotopic (exact) mass is 421 g/mol. The number of carbonyl (C=O) groups is 3. The zero-order chi connectivity index (χ0) is 22.4. The predicted molar refractivity (Wildman–Crippen MR) is 116 cm³/mol. The second-order valence-electron chi connectivity index (χ2n) is 8.71. The highest BCUT2D eigenvalue weighted by Crippen LogP contribution is 2.46. The van der Waals surface area contributed by atoms with Crippen molar-refractivity contribution in [2.24, 2.45) is 23.7 Å². The number of aliphatic hydroxyl groups is 1. The molecule has 2 rings (SSSR count). The molecule has 0 spiro atoms. The van der Waals surface area contributed by atoms with Gasteiger partial charge in [-0.1, -0.05) is 45.8 Å². The first-order valence-electron chi connectivity index (χ1n) is 11.5. The van der Waals surface area contributed by atoms with Crippen molar-refractivity contribution in [3.05, 3.63) is 12.2 Å². The molecule has 3 amide bonds. The molecule has 0 saturated carbocycles. The number of likely N-dealkylation sites (tertiary alicyclic amines) is 1. The van der Waals surface area contributed by atoms with Crippen LogP contribution in [0.15, 0.2) is 12.2 Å². The standard InChI is InChI=1S/C23H39N3O4/c1-6-9-14(4)25-22(29)20-17-12-11-15(10-7-2)18(21(28)24-5)19(17)23(30)26(20)16(8-3)13-27/h11-12,14-20,27H,6-10,13H2,1-5H3,(H,24,28)(H,25,29)/t14?,15-,16+,17+,18-,19-,20+/m1/s1. The van der Waals surface area contributed by atoms with E-state index in [1.165, 1.54) is 0 Å². The van der Waals surface area contributed by atoms with Gasteiger partial charge in [0.1, 0.15) is 6.04 Å². The van der Waals surface area contributed by atoms with Gasteiger partial charge in [-0.2, -0.15) is 0 Å². The Morgan fingerprint density at radius 1 is 1.17 bits per heavy atom. The first-order valence-corrected chi connectivity index (χ1v) is 11.5. The second-order valence-corrected chi connectivity index (χ2v) is 8.71. The molecule has 7 heteroatoms. The average Bonchev–Trinajstić information content (AvgIpc) is 3.01. The molecule has 1 aliphatic heterocycles. The summed E-state index contributed by atoms with van der Waals surface area (Å²) in [6, 6.07) is -1.14. The smallest absolute Gasteiger partial charge is 0.243 e. The zero-order valence-electron chi connectivity index (χ0n) is 19.1. The molecule has 0 bridgehead atoms. The molecule has 1 aliphatic carbocycles. The SMILES string of the molecule is CCCC(C)NC(=O)[C@@H]1[C@H]2C=C[C@@H](CCC)[C@@H](C(=O)NC)[C@@H]2C(=O)N1[C@@H](CC)CO. The number of nitrogens with zero attached hydrogens (tertiary/aromatic N) is 1. The van der Waals surface area contributed by atoms with Crippen LogP contribution in [-0.2, 0) is 14.4 Å². The molecule has 0 radical (unpaired) electrons. The molecule has 1 heterocycles. The van der Waals surface area contributed by atoms with Crippen LogP contribution >= 0.6 is 0 Å². The van der Waals surface area contributed by atoms with Crippen molar-refractivity contribution in [3.63, 3.8) is 0 Å². The molecular formula is C23H39N3O4. The maximum Gasteiger partial charge on any atom is 0.243 e. The van der Waals surface area contributed by atoms with Gasteiger partial charge in [-0.3, -0.25) is 14.4 Å². The maximum absolute atomic E-state index is 13.6. The van der Waals surface area contributed by atoms with Crippen LogP contribution in [0.2, 0.25) is 0 Å². The van der Waals surface area contributed by atoms with Gasteiger partial charge in [0.05, 0.1) is 24.5 Å². The highest BCUT2D eigenvalue weighted by atomic mass is 16.3. The molecule has 30 heavy (non-hydrogen) atoms. The van der Waals surface area contributed by atoms with Gasteiger partial charge in [-0.05, 0) is 32.1 Å². The van der Waals surface area contributed by atoms with E-state index in [1.807, 2.05) is 26.0 Å². The summed E-state index contributed by atoms with van der Waals surface area (Å²) < 4.78 is 0. The lowest BCUT2D eigenvalue weighted by atomic mass is 9.68. The number of carbonyl (C=O) groups excluding carboxylic acids is 3. The Bertz CT molecular complexity index is 646. The Labute approximate surface area is 180 Å². The third kappa shape index (κ3) is 4.71. The van der Waals surface area contributed by atoms with E-state index in [1.54, 1.807) is 11.9 Å². The number of nitrogens with one attached hydrogen (secondary N) is 2. The molecule has 7 atom stereocenters. The van der Waals surface area contributed by atoms with E-state index in [0.29, 0.717) is 6.42 Å². The minimum Gasteiger partial charge on any atom is -0.394 e. The summed E-state index contributed by atoms with van der Waals surface area (Å²) in [6.07, 6.45) is 8.07. The number of hydrogen-bond acceptors (Lipinski definition) is 4. The fraction of sp³-hybridized carbons (Fsp3) is 0.783. The summed E-state index contributed by atoms with van der Waals surface area (Å²) in [5.41, 5.74) is 0. The first-order chi connectivity index (χ1) is 14.4. The molecule has 0 aromatic carbocycles. The molecule has 2 aliphatic rings. The maximum atomic E-state index is 13.6. The Kier molecular flexibility index (Phi) is 8.89. The summed E-state index contributed by atoms with van der Waals surface area (Å²) >= 11 is 0. The minimum absolute atomic E-state index is 0.00264. The topological polar surface area (TPSA) is 98.7 Å². The van der Waals surface area contributed by atoms with Crippen molar-refractivity contribution < 1.29 is 19.5 Å². The van der Waals surface area contributed by atoms with Crippen molar-refractivity contribution in [2.45, 2.75) is 77.9 Å². The lowest BCUT2D eigenvalue weighted by molar-refractivity contribution is -0.143. The molecule has 170 valence electrons. The van der Waals surface area contributed by atoms with E-state index in [9.17, 15) is 19.5 Å². The van der Waals surface area contributed by atoms with Crippen molar-refractivity contribution in [2.75, 3.05) is 13.7 Å². The highest BCUT2D eigenvalue weighted by molar-refractivity contribution is 5.97. The fourth-order valence-corrected chi connectivity index (χ4v) is 5.22. The number of rotatable bonds is 10. The Morgan fingerprint density at radius 3 is 2.40 bits per heavy atom. The van der Waals surface area contributed by atoms with Crippen LogP contribution in [0.3, 0.4) is 0 Å². The van der Waals surface area contributed by atoms with Crippen molar-refractivity contribution in [3.8, 4) is 0 Å². The average molecular weight is 422 g/mol. The lowest BCUT2D eigenvalue weighted by Gasteiger charge is -2.34. The van der Waals surface area contributed by atoms with E-state index in [2.05, 4.69) is 24.5 Å². The third-order valence-electron chi connectivity index (χ3n) is 6.67. The van der Waals surface area contributed by atoms with Crippen molar-refractivity contribution in [1.82, 2.24) is 15.5 Å². The zero-order valence-corrected chi connectivity index (χ0v) is 19.1. The van der Waals surface area contributed by atoms with E-state index in [-0.39, 0.29) is 42.2 Å². The van der Waals surface area contributed by atoms with Gasteiger partial charge in [0.15, 0.2) is 0 Å². The molecule has 7 nitrogen and oxygen atoms in total. The molecule has 3 N–H and O–H groups in total. The molecule has 1 fully saturated rings. The second kappa shape index (κ2) is 10.9. The highest BCUT2D eigenvalue weighted by Gasteiger charge is 2.58. The fourth-order valence-electron chi connectivity index (χ4n) is 5.22. The van der Waals surface area contributed by atoms with Gasteiger partial charge in [-0.25, -0.2) is 0 Å². The van der Waals surface area contributed by atoms with Gasteiger partial charge < -0.3 is 20.6 Å². The van der Waals surface area contributed by atoms with Gasteiger partial charge in [-0.15, -0.1) is 0 Å². The summed E-state index contributed by atoms with van der Waals surface area (Å²) in [5.74, 6) is -2.02. The summed E-state index contributed by atoms with van der Waals surface area (Å²) in [7, 11) is 1.59. The Morgan fingerprint density at radius 2 is 1.87 bits per heavy atom. The quantitative estimate of drug-likeness (QED) is 0.469. The first kappa shape index (κ1) is 24.4. The Balaban J connectivity index is 2.48. The van der Waals surface area contributed by atoms with Crippen LogP contribution in [0.25, 0.3) is 0 Å². The normalized spacial score (nSPS) is 30.0. The molecule has 1 saturated heterocycles. The number of amides is 3. The number of aliphatic hydroxyl groups excluding tert-OH is 1. The summed E-state index contributed by atoms with van der Waals surface area (Å²) in [4.78, 5) is 41.3. The molecule has 0 aromatic rings. The van der Waals surface area contributed by atoms with Gasteiger partial charge in [0.25, 0.3) is 0 Å². The van der Waals surface area contributed by atoms with Gasteiger partial charge in [0, 0.05) is 19.0 Å². The summed E-state index contributed by atoms with van der Waals surface area (Å²) in [5, 5.41) is 15.7. The van der Waals surface area contributed by atoms with Gasteiger partial charge >= 0.3 is 0 Å². The van der Waals surface area contributed by atoms with Crippen LogP contribution in [-0.4, -0.2) is 59.5 Å². The van der Waals surface area contributed by atoms with Crippen LogP contribution < -0.4 is 10.6 Å².